The second-order valence-corrected chi connectivity index (χ2v) is 3.79. The molecule has 0 saturated heterocycles. The first kappa shape index (κ1) is 11.5. The van der Waals surface area contributed by atoms with Crippen molar-refractivity contribution < 1.29 is 14.7 Å². The molecule has 6 heteroatoms. The minimum Gasteiger partial charge on any atom is -0.481 e. The van der Waals surface area contributed by atoms with E-state index in [1.807, 2.05) is 11.4 Å². The van der Waals surface area contributed by atoms with E-state index < -0.39 is 5.97 Å². The van der Waals surface area contributed by atoms with Crippen LogP contribution in [-0.2, 0) is 11.2 Å². The summed E-state index contributed by atoms with van der Waals surface area (Å²) in [6, 6.07) is 1.52. The largest absolute Gasteiger partial charge is 0.481 e. The zero-order valence-electron chi connectivity index (χ0n) is 8.24. The number of hydrogen-bond acceptors (Lipinski definition) is 3. The monoisotopic (exact) mass is 228 g/mol. The van der Waals surface area contributed by atoms with Crippen molar-refractivity contribution in [1.82, 2.24) is 5.32 Å². The molecule has 15 heavy (non-hydrogen) atoms. The van der Waals surface area contributed by atoms with Crippen molar-refractivity contribution in [2.45, 2.75) is 12.8 Å². The Bertz CT molecular complexity index is 362. The third-order valence-electron chi connectivity index (χ3n) is 1.81. The Hall–Kier alpha value is -1.56. The first-order valence-electron chi connectivity index (χ1n) is 4.40. The average molecular weight is 228 g/mol. The molecule has 0 aliphatic heterocycles. The van der Waals surface area contributed by atoms with E-state index in [9.17, 15) is 9.59 Å². The maximum Gasteiger partial charge on any atom is 0.319 e. The Morgan fingerprint density at radius 1 is 1.53 bits per heavy atom. The van der Waals surface area contributed by atoms with Crippen molar-refractivity contribution in [2.24, 2.45) is 0 Å². The summed E-state index contributed by atoms with van der Waals surface area (Å²) in [4.78, 5) is 21.4. The molecule has 1 rings (SSSR count). The van der Waals surface area contributed by atoms with Crippen LogP contribution in [0.4, 0.5) is 9.80 Å². The maximum atomic E-state index is 11.0. The molecule has 5 nitrogen and oxygen atoms in total. The van der Waals surface area contributed by atoms with Gasteiger partial charge in [0.25, 0.3) is 0 Å². The number of carbonyl (C=O) groups is 2. The highest BCUT2D eigenvalue weighted by Gasteiger charge is 2.08. The molecule has 0 unspecified atom stereocenters. The number of aryl methyl sites for hydroxylation is 1. The van der Waals surface area contributed by atoms with Crippen LogP contribution in [0, 0.1) is 0 Å². The van der Waals surface area contributed by atoms with E-state index in [1.54, 1.807) is 0 Å². The SMILES string of the molecule is CNC(=O)Nc1sccc1CCC(=O)O. The molecule has 1 heterocycles. The number of urea groups is 1. The number of thiophene rings is 1. The van der Waals surface area contributed by atoms with Crippen molar-refractivity contribution >= 4 is 28.3 Å². The predicted molar refractivity (Wildman–Crippen MR) is 58.4 cm³/mol. The molecule has 0 aliphatic rings. The fraction of sp³-hybridized carbons (Fsp3) is 0.333. The lowest BCUT2D eigenvalue weighted by Gasteiger charge is -2.04. The van der Waals surface area contributed by atoms with Crippen molar-refractivity contribution in [3.63, 3.8) is 0 Å². The normalized spacial score (nSPS) is 9.67. The molecular formula is C9H12N2O3S. The number of aliphatic carboxylic acids is 1. The Kier molecular flexibility index (Phi) is 4.11. The number of hydrogen-bond donors (Lipinski definition) is 3. The first-order valence-corrected chi connectivity index (χ1v) is 5.28. The molecule has 0 atom stereocenters. The summed E-state index contributed by atoms with van der Waals surface area (Å²) in [6.45, 7) is 0. The van der Waals surface area contributed by atoms with Crippen LogP contribution >= 0.6 is 11.3 Å². The van der Waals surface area contributed by atoms with E-state index in [-0.39, 0.29) is 12.5 Å². The molecule has 0 aliphatic carbocycles. The Labute approximate surface area is 91.1 Å². The Balaban J connectivity index is 2.60. The quantitative estimate of drug-likeness (QED) is 0.731. The van der Waals surface area contributed by atoms with Gasteiger partial charge in [-0.1, -0.05) is 0 Å². The van der Waals surface area contributed by atoms with Gasteiger partial charge in [0.1, 0.15) is 0 Å². The number of rotatable bonds is 4. The molecule has 1 aromatic heterocycles. The lowest BCUT2D eigenvalue weighted by molar-refractivity contribution is -0.136. The molecule has 1 aromatic rings. The highest BCUT2D eigenvalue weighted by Crippen LogP contribution is 2.24. The standard InChI is InChI=1S/C9H12N2O3S/c1-10-9(14)11-8-6(4-5-15-8)2-3-7(12)13/h4-5H,2-3H2,1H3,(H,12,13)(H2,10,11,14). The second-order valence-electron chi connectivity index (χ2n) is 2.87. The molecule has 0 spiro atoms. The van der Waals surface area contributed by atoms with Gasteiger partial charge in [0.15, 0.2) is 0 Å². The number of carboxylic acids is 1. The van der Waals surface area contributed by atoms with Crippen LogP contribution in [0.3, 0.4) is 0 Å². The number of carboxylic acid groups (broad SMARTS) is 1. The third-order valence-corrected chi connectivity index (χ3v) is 2.68. The van der Waals surface area contributed by atoms with Crippen molar-refractivity contribution in [3.05, 3.63) is 17.0 Å². The molecule has 2 amide bonds. The van der Waals surface area contributed by atoms with Crippen LogP contribution in [0.25, 0.3) is 0 Å². The van der Waals surface area contributed by atoms with E-state index in [4.69, 9.17) is 5.11 Å². The smallest absolute Gasteiger partial charge is 0.319 e. The summed E-state index contributed by atoms with van der Waals surface area (Å²) in [5, 5.41) is 16.1. The molecule has 0 saturated carbocycles. The summed E-state index contributed by atoms with van der Waals surface area (Å²) in [6.07, 6.45) is 0.497. The van der Waals surface area contributed by atoms with Gasteiger partial charge in [0, 0.05) is 13.5 Å². The molecule has 0 radical (unpaired) electrons. The highest BCUT2D eigenvalue weighted by atomic mass is 32.1. The van der Waals surface area contributed by atoms with Crippen LogP contribution in [0.5, 0.6) is 0 Å². The Morgan fingerprint density at radius 3 is 2.87 bits per heavy atom. The van der Waals surface area contributed by atoms with Gasteiger partial charge in [-0.2, -0.15) is 0 Å². The van der Waals surface area contributed by atoms with Crippen LogP contribution in [0.15, 0.2) is 11.4 Å². The van der Waals surface area contributed by atoms with E-state index in [1.165, 1.54) is 18.4 Å². The molecular weight excluding hydrogens is 216 g/mol. The first-order chi connectivity index (χ1) is 7.13. The van der Waals surface area contributed by atoms with Crippen molar-refractivity contribution in [2.75, 3.05) is 12.4 Å². The molecule has 82 valence electrons. The van der Waals surface area contributed by atoms with Gasteiger partial charge in [0.2, 0.25) is 0 Å². The summed E-state index contributed by atoms with van der Waals surface area (Å²) in [7, 11) is 1.53. The topological polar surface area (TPSA) is 78.4 Å². The van der Waals surface area contributed by atoms with E-state index in [0.717, 1.165) is 5.56 Å². The lowest BCUT2D eigenvalue weighted by Crippen LogP contribution is -2.24. The highest BCUT2D eigenvalue weighted by molar-refractivity contribution is 7.14. The van der Waals surface area contributed by atoms with Gasteiger partial charge in [-0.05, 0) is 23.4 Å². The van der Waals surface area contributed by atoms with Crippen molar-refractivity contribution in [1.29, 1.82) is 0 Å². The average Bonchev–Trinajstić information content (AvgIpc) is 2.62. The number of carbonyl (C=O) groups excluding carboxylic acids is 1. The van der Waals surface area contributed by atoms with Crippen molar-refractivity contribution in [3.8, 4) is 0 Å². The van der Waals surface area contributed by atoms with Crippen LogP contribution in [-0.4, -0.2) is 24.2 Å². The predicted octanol–water partition coefficient (Wildman–Crippen LogP) is 1.52. The summed E-state index contributed by atoms with van der Waals surface area (Å²) in [5.41, 5.74) is 0.853. The molecule has 0 aromatic carbocycles. The van der Waals surface area contributed by atoms with Gasteiger partial charge in [-0.15, -0.1) is 11.3 Å². The molecule has 0 fully saturated rings. The van der Waals surface area contributed by atoms with E-state index >= 15 is 0 Å². The van der Waals surface area contributed by atoms with E-state index in [2.05, 4.69) is 10.6 Å². The minimum absolute atomic E-state index is 0.0686. The molecule has 3 N–H and O–H groups in total. The van der Waals surface area contributed by atoms with Gasteiger partial charge in [-0.25, -0.2) is 4.79 Å². The van der Waals surface area contributed by atoms with Crippen LogP contribution < -0.4 is 10.6 Å². The lowest BCUT2D eigenvalue weighted by atomic mass is 10.2. The van der Waals surface area contributed by atoms with E-state index in [0.29, 0.717) is 11.4 Å². The zero-order chi connectivity index (χ0) is 11.3. The second kappa shape index (κ2) is 5.35. The Morgan fingerprint density at radius 2 is 2.27 bits per heavy atom. The zero-order valence-corrected chi connectivity index (χ0v) is 9.06. The van der Waals surface area contributed by atoms with Gasteiger partial charge in [0.05, 0.1) is 5.00 Å². The fourth-order valence-electron chi connectivity index (χ4n) is 1.05. The summed E-state index contributed by atoms with van der Waals surface area (Å²) in [5.74, 6) is -0.841. The van der Waals surface area contributed by atoms with Gasteiger partial charge < -0.3 is 10.4 Å². The van der Waals surface area contributed by atoms with Crippen LogP contribution in [0.1, 0.15) is 12.0 Å². The number of amides is 2. The number of nitrogens with one attached hydrogen (secondary N) is 2. The summed E-state index contributed by atoms with van der Waals surface area (Å²) < 4.78 is 0. The fourth-order valence-corrected chi connectivity index (χ4v) is 1.89. The van der Waals surface area contributed by atoms with Crippen LogP contribution in [0.2, 0.25) is 0 Å². The maximum absolute atomic E-state index is 11.0. The van der Waals surface area contributed by atoms with Gasteiger partial charge >= 0.3 is 12.0 Å². The molecule has 0 bridgehead atoms. The van der Waals surface area contributed by atoms with Gasteiger partial charge in [-0.3, -0.25) is 10.1 Å². The number of anilines is 1. The summed E-state index contributed by atoms with van der Waals surface area (Å²) >= 11 is 1.38. The minimum atomic E-state index is -0.841. The third kappa shape index (κ3) is 3.59.